The molecule has 1 aliphatic heterocycles. The van der Waals surface area contributed by atoms with Gasteiger partial charge in [0.2, 0.25) is 0 Å². The van der Waals surface area contributed by atoms with E-state index in [1.165, 1.54) is 11.3 Å². The van der Waals surface area contributed by atoms with Crippen molar-refractivity contribution < 1.29 is 13.2 Å². The van der Waals surface area contributed by atoms with Crippen LogP contribution in [0.1, 0.15) is 34.1 Å². The maximum Gasteiger partial charge on any atom is 0.252 e. The van der Waals surface area contributed by atoms with Crippen LogP contribution in [0, 0.1) is 6.92 Å². The minimum atomic E-state index is -3.09. The van der Waals surface area contributed by atoms with Crippen molar-refractivity contribution in [2.45, 2.75) is 25.9 Å². The number of hydrogen-bond acceptors (Lipinski definition) is 7. The van der Waals surface area contributed by atoms with Gasteiger partial charge in [0.05, 0.1) is 44.8 Å². The number of sulfone groups is 1. The Morgan fingerprint density at radius 1 is 1.28 bits per heavy atom. The zero-order chi connectivity index (χ0) is 22.3. The molecule has 0 aromatic carbocycles. The number of carbonyl (C=O) groups excluding carboxylic acids is 1. The van der Waals surface area contributed by atoms with Crippen molar-refractivity contribution in [3.05, 3.63) is 64.9 Å². The summed E-state index contributed by atoms with van der Waals surface area (Å²) in [6.45, 7) is 2.20. The molecule has 1 saturated heterocycles. The normalized spacial score (nSPS) is 17.6. The molecule has 0 aliphatic carbocycles. The molecular formula is C22H21N5O3S2. The Bertz CT molecular complexity index is 1400. The summed E-state index contributed by atoms with van der Waals surface area (Å²) in [4.78, 5) is 23.0. The number of nitrogens with zero attached hydrogens (tertiary/aromatic N) is 4. The summed E-state index contributed by atoms with van der Waals surface area (Å²) in [5.41, 5.74) is 3.30. The predicted octanol–water partition coefficient (Wildman–Crippen LogP) is 3.15. The average molecular weight is 468 g/mol. The zero-order valence-corrected chi connectivity index (χ0v) is 19.0. The minimum absolute atomic E-state index is 0.0394. The van der Waals surface area contributed by atoms with Crippen molar-refractivity contribution >= 4 is 38.1 Å². The lowest BCUT2D eigenvalue weighted by Gasteiger charge is -2.12. The van der Waals surface area contributed by atoms with E-state index in [4.69, 9.17) is 4.98 Å². The van der Waals surface area contributed by atoms with Crippen molar-refractivity contribution in [3.8, 4) is 10.6 Å². The van der Waals surface area contributed by atoms with Gasteiger partial charge in [-0.15, -0.1) is 11.3 Å². The fourth-order valence-corrected chi connectivity index (χ4v) is 6.42. The van der Waals surface area contributed by atoms with Gasteiger partial charge in [0.1, 0.15) is 0 Å². The number of fused-ring (bicyclic) bond motifs is 1. The van der Waals surface area contributed by atoms with E-state index in [2.05, 4.69) is 15.4 Å². The van der Waals surface area contributed by atoms with E-state index in [1.54, 1.807) is 23.1 Å². The van der Waals surface area contributed by atoms with E-state index in [-0.39, 0.29) is 23.5 Å². The molecule has 0 spiro atoms. The topological polar surface area (TPSA) is 107 Å². The van der Waals surface area contributed by atoms with Gasteiger partial charge in [-0.3, -0.25) is 9.78 Å². The fraction of sp³-hybridized carbons (Fsp3) is 0.273. The van der Waals surface area contributed by atoms with Gasteiger partial charge in [-0.05, 0) is 48.6 Å². The standard InChI is InChI=1S/C22H21N5O3S2/c1-14-20-17(22(28)24-12-15-4-7-23-8-5-15)11-18(19-3-2-9-31-19)25-21(20)27(26-14)16-6-10-32(29,30)13-16/h2-5,7-9,11,16H,6,10,12-13H2,1H3,(H,24,28). The highest BCUT2D eigenvalue weighted by molar-refractivity contribution is 7.91. The smallest absolute Gasteiger partial charge is 0.252 e. The van der Waals surface area contributed by atoms with Gasteiger partial charge < -0.3 is 5.32 Å². The molecule has 5 heterocycles. The molecule has 1 fully saturated rings. The Morgan fingerprint density at radius 3 is 2.78 bits per heavy atom. The number of carbonyl (C=O) groups is 1. The molecule has 1 aliphatic rings. The van der Waals surface area contributed by atoms with Crippen LogP contribution in [0.15, 0.2) is 48.1 Å². The summed E-state index contributed by atoms with van der Waals surface area (Å²) in [5.74, 6) is -0.0478. The van der Waals surface area contributed by atoms with Crippen LogP contribution in [0.25, 0.3) is 21.6 Å². The van der Waals surface area contributed by atoms with Crippen LogP contribution in [-0.2, 0) is 16.4 Å². The molecule has 1 atom stereocenters. The van der Waals surface area contributed by atoms with Crippen LogP contribution in [0.4, 0.5) is 0 Å². The third-order valence-corrected chi connectivity index (χ3v) is 8.25. The van der Waals surface area contributed by atoms with Gasteiger partial charge in [0.25, 0.3) is 5.91 Å². The molecule has 0 saturated carbocycles. The first-order chi connectivity index (χ1) is 15.4. The lowest BCUT2D eigenvalue weighted by molar-refractivity contribution is 0.0952. The van der Waals surface area contributed by atoms with E-state index in [1.807, 2.05) is 36.6 Å². The Balaban J connectivity index is 1.60. The molecule has 10 heteroatoms. The van der Waals surface area contributed by atoms with Crippen LogP contribution >= 0.6 is 11.3 Å². The first-order valence-electron chi connectivity index (χ1n) is 10.2. The third kappa shape index (κ3) is 3.91. The number of pyridine rings is 2. The molecule has 1 amide bonds. The maximum absolute atomic E-state index is 13.3. The van der Waals surface area contributed by atoms with Gasteiger partial charge in [-0.25, -0.2) is 18.1 Å². The number of aromatic nitrogens is 4. The highest BCUT2D eigenvalue weighted by atomic mass is 32.2. The average Bonchev–Trinajstić information content (AvgIpc) is 3.51. The SMILES string of the molecule is Cc1nn(C2CCS(=O)(=O)C2)c2nc(-c3cccs3)cc(C(=O)NCc3ccncc3)c12. The van der Waals surface area contributed by atoms with Gasteiger partial charge >= 0.3 is 0 Å². The molecule has 0 bridgehead atoms. The summed E-state index contributed by atoms with van der Waals surface area (Å²) in [5, 5.41) is 10.2. The second-order valence-corrected chi connectivity index (χ2v) is 11.0. The van der Waals surface area contributed by atoms with E-state index < -0.39 is 9.84 Å². The van der Waals surface area contributed by atoms with Gasteiger partial charge in [0.15, 0.2) is 15.5 Å². The Labute approximate surface area is 189 Å². The molecule has 8 nitrogen and oxygen atoms in total. The van der Waals surface area contributed by atoms with Crippen LogP contribution in [0.5, 0.6) is 0 Å². The first-order valence-corrected chi connectivity index (χ1v) is 12.9. The Morgan fingerprint density at radius 2 is 2.09 bits per heavy atom. The summed E-state index contributed by atoms with van der Waals surface area (Å²) in [6.07, 6.45) is 3.86. The molecule has 1 N–H and O–H groups in total. The van der Waals surface area contributed by atoms with E-state index in [9.17, 15) is 13.2 Å². The quantitative estimate of drug-likeness (QED) is 0.483. The maximum atomic E-state index is 13.3. The minimum Gasteiger partial charge on any atom is -0.348 e. The van der Waals surface area contributed by atoms with Crippen LogP contribution in [-0.4, -0.2) is 45.6 Å². The molecule has 1 unspecified atom stereocenters. The number of thiophene rings is 1. The largest absolute Gasteiger partial charge is 0.348 e. The zero-order valence-electron chi connectivity index (χ0n) is 17.4. The summed E-state index contributed by atoms with van der Waals surface area (Å²) >= 11 is 1.53. The van der Waals surface area contributed by atoms with Crippen molar-refractivity contribution in [1.29, 1.82) is 0 Å². The molecule has 4 aromatic rings. The number of hydrogen-bond donors (Lipinski definition) is 1. The highest BCUT2D eigenvalue weighted by Crippen LogP contribution is 2.33. The van der Waals surface area contributed by atoms with Crippen LogP contribution < -0.4 is 5.32 Å². The highest BCUT2D eigenvalue weighted by Gasteiger charge is 2.32. The molecule has 4 aromatic heterocycles. The lowest BCUT2D eigenvalue weighted by Crippen LogP contribution is -2.23. The monoisotopic (exact) mass is 467 g/mol. The molecule has 0 radical (unpaired) electrons. The summed E-state index contributed by atoms with van der Waals surface area (Å²) < 4.78 is 25.9. The van der Waals surface area contributed by atoms with Crippen LogP contribution in [0.2, 0.25) is 0 Å². The fourth-order valence-electron chi connectivity index (χ4n) is 4.04. The molecule has 32 heavy (non-hydrogen) atoms. The van der Waals surface area contributed by atoms with E-state index >= 15 is 0 Å². The molecular weight excluding hydrogens is 446 g/mol. The van der Waals surface area contributed by atoms with Gasteiger partial charge in [-0.1, -0.05) is 6.07 Å². The summed E-state index contributed by atoms with van der Waals surface area (Å²) in [6, 6.07) is 9.09. The molecule has 164 valence electrons. The number of amides is 1. The number of rotatable bonds is 5. The van der Waals surface area contributed by atoms with Gasteiger partial charge in [0, 0.05) is 18.9 Å². The number of nitrogens with one attached hydrogen (secondary N) is 1. The second kappa shape index (κ2) is 8.10. The third-order valence-electron chi connectivity index (χ3n) is 5.61. The van der Waals surface area contributed by atoms with E-state index in [0.29, 0.717) is 41.0 Å². The Hall–Kier alpha value is -3.11. The van der Waals surface area contributed by atoms with Crippen molar-refractivity contribution in [1.82, 2.24) is 25.1 Å². The predicted molar refractivity (Wildman–Crippen MR) is 123 cm³/mol. The summed E-state index contributed by atoms with van der Waals surface area (Å²) in [7, 11) is -3.09. The van der Waals surface area contributed by atoms with Crippen LogP contribution in [0.3, 0.4) is 0 Å². The van der Waals surface area contributed by atoms with Crippen molar-refractivity contribution in [2.75, 3.05) is 11.5 Å². The first kappa shape index (κ1) is 20.8. The van der Waals surface area contributed by atoms with Crippen molar-refractivity contribution in [2.24, 2.45) is 0 Å². The second-order valence-electron chi connectivity index (χ2n) is 7.86. The van der Waals surface area contributed by atoms with Gasteiger partial charge in [-0.2, -0.15) is 5.10 Å². The number of aryl methyl sites for hydroxylation is 1. The Kier molecular flexibility index (Phi) is 5.26. The lowest BCUT2D eigenvalue weighted by atomic mass is 10.1. The molecule has 5 rings (SSSR count). The van der Waals surface area contributed by atoms with Crippen molar-refractivity contribution in [3.63, 3.8) is 0 Å². The van der Waals surface area contributed by atoms with E-state index in [0.717, 1.165) is 10.4 Å².